The summed E-state index contributed by atoms with van der Waals surface area (Å²) >= 11 is 0. The van der Waals surface area contributed by atoms with Gasteiger partial charge in [0.05, 0.1) is 17.7 Å². The highest BCUT2D eigenvalue weighted by molar-refractivity contribution is 5.89. The second-order valence-corrected chi connectivity index (χ2v) is 7.72. The Morgan fingerprint density at radius 1 is 1.03 bits per heavy atom. The number of benzene rings is 2. The number of hydrogen-bond acceptors (Lipinski definition) is 4. The van der Waals surface area contributed by atoms with Crippen LogP contribution in [0, 0.1) is 0 Å². The van der Waals surface area contributed by atoms with Gasteiger partial charge in [-0.1, -0.05) is 12.1 Å². The predicted molar refractivity (Wildman–Crippen MR) is 108 cm³/mol. The largest absolute Gasteiger partial charge is 0.493 e. The molecular formula is C22H24F3NO5. The van der Waals surface area contributed by atoms with E-state index in [1.165, 1.54) is 30.3 Å². The molecule has 168 valence electrons. The Morgan fingerprint density at radius 3 is 2.23 bits per heavy atom. The summed E-state index contributed by atoms with van der Waals surface area (Å²) in [6.07, 6.45) is -4.61. The fraction of sp³-hybridized carbons (Fsp3) is 0.364. The highest BCUT2D eigenvalue weighted by Gasteiger charge is 2.30. The third kappa shape index (κ3) is 7.51. The monoisotopic (exact) mass is 439 g/mol. The van der Waals surface area contributed by atoms with Crippen molar-refractivity contribution in [3.05, 3.63) is 53.6 Å². The topological polar surface area (TPSA) is 84.9 Å². The summed E-state index contributed by atoms with van der Waals surface area (Å²) in [7, 11) is 0. The zero-order valence-corrected chi connectivity index (χ0v) is 17.4. The first-order valence-corrected chi connectivity index (χ1v) is 9.51. The minimum absolute atomic E-state index is 0.0162. The van der Waals surface area contributed by atoms with E-state index in [1.807, 2.05) is 0 Å². The van der Waals surface area contributed by atoms with Crippen LogP contribution in [-0.4, -0.2) is 35.9 Å². The maximum Gasteiger partial charge on any atom is 0.416 e. The first-order valence-electron chi connectivity index (χ1n) is 9.51. The van der Waals surface area contributed by atoms with Crippen molar-refractivity contribution in [3.63, 3.8) is 0 Å². The Balaban J connectivity index is 2.08. The minimum Gasteiger partial charge on any atom is -0.493 e. The summed E-state index contributed by atoms with van der Waals surface area (Å²) < 4.78 is 49.2. The van der Waals surface area contributed by atoms with Crippen LogP contribution in [0.3, 0.4) is 0 Å². The van der Waals surface area contributed by atoms with Gasteiger partial charge in [-0.2, -0.15) is 13.2 Å². The molecule has 6 nitrogen and oxygen atoms in total. The fourth-order valence-corrected chi connectivity index (χ4v) is 2.61. The van der Waals surface area contributed by atoms with E-state index in [9.17, 15) is 27.9 Å². The van der Waals surface area contributed by atoms with Crippen molar-refractivity contribution in [2.24, 2.45) is 0 Å². The summed E-state index contributed by atoms with van der Waals surface area (Å²) in [5.74, 6) is -0.938. The lowest BCUT2D eigenvalue weighted by atomic mass is 10.0. The molecule has 2 aromatic rings. The second kappa shape index (κ2) is 9.72. The van der Waals surface area contributed by atoms with Gasteiger partial charge in [-0.05, 0) is 63.1 Å². The van der Waals surface area contributed by atoms with Gasteiger partial charge in [0.2, 0.25) is 0 Å². The van der Waals surface area contributed by atoms with Crippen molar-refractivity contribution in [1.82, 2.24) is 5.32 Å². The Labute approximate surface area is 178 Å². The van der Waals surface area contributed by atoms with Crippen molar-refractivity contribution >= 4 is 12.1 Å². The molecule has 0 aromatic heterocycles. The summed E-state index contributed by atoms with van der Waals surface area (Å²) in [6, 6.07) is 8.66. The number of amides is 1. The lowest BCUT2D eigenvalue weighted by molar-refractivity contribution is -0.137. The van der Waals surface area contributed by atoms with Crippen LogP contribution in [0.5, 0.6) is 5.75 Å². The molecule has 0 unspecified atom stereocenters. The quantitative estimate of drug-likeness (QED) is 0.567. The van der Waals surface area contributed by atoms with E-state index in [0.717, 1.165) is 12.1 Å². The van der Waals surface area contributed by atoms with Gasteiger partial charge in [0.1, 0.15) is 11.4 Å². The van der Waals surface area contributed by atoms with Gasteiger partial charge in [-0.3, -0.25) is 0 Å². The number of carbonyl (C=O) groups excluding carboxylic acids is 1. The molecule has 9 heteroatoms. The van der Waals surface area contributed by atoms with Crippen LogP contribution in [0.25, 0.3) is 11.1 Å². The average molecular weight is 439 g/mol. The highest BCUT2D eigenvalue weighted by atomic mass is 19.4. The fourth-order valence-electron chi connectivity index (χ4n) is 2.61. The lowest BCUT2D eigenvalue weighted by Crippen LogP contribution is -2.33. The van der Waals surface area contributed by atoms with E-state index < -0.39 is 29.4 Å². The first kappa shape index (κ1) is 24.0. The van der Waals surface area contributed by atoms with Crippen LogP contribution in [0.4, 0.5) is 18.0 Å². The molecule has 0 saturated carbocycles. The Kier molecular flexibility index (Phi) is 7.54. The van der Waals surface area contributed by atoms with Gasteiger partial charge in [-0.25, -0.2) is 9.59 Å². The summed E-state index contributed by atoms with van der Waals surface area (Å²) in [5.41, 5.74) is -0.508. The van der Waals surface area contributed by atoms with Crippen molar-refractivity contribution < 1.29 is 37.3 Å². The summed E-state index contributed by atoms with van der Waals surface area (Å²) in [4.78, 5) is 22.9. The third-order valence-electron chi connectivity index (χ3n) is 4.00. The SMILES string of the molecule is CC(C)(C)OC(=O)NCCCOc1cc(C(=O)O)ccc1-c1ccc(C(F)(F)F)cc1. The normalized spacial score (nSPS) is 11.7. The molecule has 0 spiro atoms. The molecule has 2 N–H and O–H groups in total. The number of ether oxygens (including phenoxy) is 2. The zero-order chi connectivity index (χ0) is 23.2. The number of carbonyl (C=O) groups is 2. The Morgan fingerprint density at radius 2 is 1.68 bits per heavy atom. The smallest absolute Gasteiger partial charge is 0.416 e. The molecule has 0 saturated heterocycles. The lowest BCUT2D eigenvalue weighted by Gasteiger charge is -2.19. The van der Waals surface area contributed by atoms with Gasteiger partial charge < -0.3 is 19.9 Å². The van der Waals surface area contributed by atoms with E-state index in [1.54, 1.807) is 20.8 Å². The van der Waals surface area contributed by atoms with Crippen molar-refractivity contribution in [2.75, 3.05) is 13.2 Å². The highest BCUT2D eigenvalue weighted by Crippen LogP contribution is 2.34. The molecule has 0 bridgehead atoms. The Hall–Kier alpha value is -3.23. The van der Waals surface area contributed by atoms with Gasteiger partial charge in [0.25, 0.3) is 0 Å². The van der Waals surface area contributed by atoms with E-state index in [4.69, 9.17) is 9.47 Å². The van der Waals surface area contributed by atoms with E-state index in [2.05, 4.69) is 5.32 Å². The molecule has 0 fully saturated rings. The molecule has 0 aliphatic heterocycles. The van der Waals surface area contributed by atoms with Crippen LogP contribution < -0.4 is 10.1 Å². The molecule has 0 atom stereocenters. The molecule has 1 amide bonds. The third-order valence-corrected chi connectivity index (χ3v) is 4.00. The van der Waals surface area contributed by atoms with Crippen molar-refractivity contribution in [1.29, 1.82) is 0 Å². The number of aromatic carboxylic acids is 1. The number of halogens is 3. The molecule has 31 heavy (non-hydrogen) atoms. The molecule has 0 radical (unpaired) electrons. The average Bonchev–Trinajstić information content (AvgIpc) is 2.65. The van der Waals surface area contributed by atoms with Crippen molar-refractivity contribution in [3.8, 4) is 16.9 Å². The Bertz CT molecular complexity index is 918. The maximum atomic E-state index is 12.8. The van der Waals surface area contributed by atoms with Gasteiger partial charge >= 0.3 is 18.2 Å². The number of carboxylic acid groups (broad SMARTS) is 1. The maximum absolute atomic E-state index is 12.8. The van der Waals surface area contributed by atoms with E-state index >= 15 is 0 Å². The standard InChI is InChI=1S/C22H24F3NO5/c1-21(2,3)31-20(29)26-11-4-12-30-18-13-15(19(27)28)7-10-17(18)14-5-8-16(9-6-14)22(23,24)25/h5-10,13H,4,11-12H2,1-3H3,(H,26,29)(H,27,28). The first-order chi connectivity index (χ1) is 14.4. The minimum atomic E-state index is -4.45. The van der Waals surface area contributed by atoms with Crippen molar-refractivity contribution in [2.45, 2.75) is 39.0 Å². The number of carboxylic acids is 1. The molecule has 2 aromatic carbocycles. The molecular weight excluding hydrogens is 415 g/mol. The van der Waals surface area contributed by atoms with Crippen LogP contribution >= 0.6 is 0 Å². The van der Waals surface area contributed by atoms with Gasteiger partial charge in [0, 0.05) is 12.1 Å². The van der Waals surface area contributed by atoms with Gasteiger partial charge in [0.15, 0.2) is 0 Å². The predicted octanol–water partition coefficient (Wildman–Crippen LogP) is 5.36. The summed E-state index contributed by atoms with van der Waals surface area (Å²) in [5, 5.41) is 11.8. The van der Waals surface area contributed by atoms with Crippen LogP contribution in [0.1, 0.15) is 43.1 Å². The summed E-state index contributed by atoms with van der Waals surface area (Å²) in [6.45, 7) is 5.64. The molecule has 0 aliphatic rings. The number of alkyl carbamates (subject to hydrolysis) is 1. The van der Waals surface area contributed by atoms with E-state index in [0.29, 0.717) is 17.5 Å². The molecule has 0 heterocycles. The second-order valence-electron chi connectivity index (χ2n) is 7.72. The van der Waals surface area contributed by atoms with Crippen LogP contribution in [-0.2, 0) is 10.9 Å². The van der Waals surface area contributed by atoms with Crippen LogP contribution in [0.15, 0.2) is 42.5 Å². The number of alkyl halides is 3. The zero-order valence-electron chi connectivity index (χ0n) is 17.4. The number of rotatable bonds is 7. The number of hydrogen-bond donors (Lipinski definition) is 2. The van der Waals surface area contributed by atoms with Crippen LogP contribution in [0.2, 0.25) is 0 Å². The van der Waals surface area contributed by atoms with Gasteiger partial charge in [-0.15, -0.1) is 0 Å². The molecule has 2 rings (SSSR count). The van der Waals surface area contributed by atoms with E-state index in [-0.39, 0.29) is 24.5 Å². The molecule has 0 aliphatic carbocycles. The number of nitrogens with one attached hydrogen (secondary N) is 1.